The zero-order valence-electron chi connectivity index (χ0n) is 24.5. The SMILES string of the molecule is c1ccc(-n2c3ccccc3c3c4c5ccccc5n(-c5cccc6c5Cc5c(-c7ccccn7)cccc5-6)c4ccc32)cc1. The number of para-hydroxylation sites is 3. The summed E-state index contributed by atoms with van der Waals surface area (Å²) in [4.78, 5) is 4.71. The van der Waals surface area contributed by atoms with E-state index in [1.54, 1.807) is 0 Å². The highest BCUT2D eigenvalue weighted by Crippen LogP contribution is 2.47. The summed E-state index contributed by atoms with van der Waals surface area (Å²) >= 11 is 0. The summed E-state index contributed by atoms with van der Waals surface area (Å²) in [5.74, 6) is 0. The number of aromatic nitrogens is 3. The van der Waals surface area contributed by atoms with Crippen LogP contribution in [-0.4, -0.2) is 14.1 Å². The second kappa shape index (κ2) is 9.28. The first-order chi connectivity index (χ1) is 22.4. The quantitative estimate of drug-likeness (QED) is 0.206. The van der Waals surface area contributed by atoms with Crippen molar-refractivity contribution in [3.8, 4) is 33.8 Å². The molecule has 0 aliphatic heterocycles. The first-order valence-electron chi connectivity index (χ1n) is 15.5. The van der Waals surface area contributed by atoms with Gasteiger partial charge in [-0.3, -0.25) is 4.98 Å². The van der Waals surface area contributed by atoms with Crippen molar-refractivity contribution in [1.29, 1.82) is 0 Å². The Hall–Kier alpha value is -5.93. The molecule has 10 rings (SSSR count). The number of fused-ring (bicyclic) bond motifs is 10. The van der Waals surface area contributed by atoms with Gasteiger partial charge in [0.1, 0.15) is 0 Å². The van der Waals surface area contributed by atoms with Crippen LogP contribution in [0.4, 0.5) is 0 Å². The van der Waals surface area contributed by atoms with Gasteiger partial charge < -0.3 is 9.13 Å². The van der Waals surface area contributed by atoms with E-state index < -0.39 is 0 Å². The van der Waals surface area contributed by atoms with E-state index in [1.807, 2.05) is 12.3 Å². The molecule has 0 unspecified atom stereocenters. The fourth-order valence-corrected chi connectivity index (χ4v) is 7.82. The van der Waals surface area contributed by atoms with Crippen LogP contribution in [0.2, 0.25) is 0 Å². The van der Waals surface area contributed by atoms with E-state index in [9.17, 15) is 0 Å². The summed E-state index contributed by atoms with van der Waals surface area (Å²) < 4.78 is 4.91. The molecule has 3 heteroatoms. The van der Waals surface area contributed by atoms with E-state index >= 15 is 0 Å². The van der Waals surface area contributed by atoms with Crippen molar-refractivity contribution in [2.75, 3.05) is 0 Å². The summed E-state index contributed by atoms with van der Waals surface area (Å²) in [6.07, 6.45) is 2.76. The molecule has 0 N–H and O–H groups in total. The Labute approximate surface area is 260 Å². The summed E-state index contributed by atoms with van der Waals surface area (Å²) in [6, 6.07) is 52.7. The third-order valence-corrected chi connectivity index (χ3v) is 9.64. The number of rotatable bonds is 3. The predicted molar refractivity (Wildman–Crippen MR) is 187 cm³/mol. The lowest BCUT2D eigenvalue weighted by molar-refractivity contribution is 1.12. The Morgan fingerprint density at radius 1 is 0.422 bits per heavy atom. The van der Waals surface area contributed by atoms with Gasteiger partial charge in [0.05, 0.1) is 33.4 Å². The predicted octanol–water partition coefficient (Wildman–Crippen LogP) is 10.5. The van der Waals surface area contributed by atoms with Crippen LogP contribution in [0.25, 0.3) is 77.4 Å². The zero-order valence-corrected chi connectivity index (χ0v) is 24.5. The average Bonchev–Trinajstić information content (AvgIpc) is 3.77. The van der Waals surface area contributed by atoms with E-state index in [1.165, 1.54) is 82.8 Å². The molecule has 0 amide bonds. The average molecular weight is 574 g/mol. The fourth-order valence-electron chi connectivity index (χ4n) is 7.82. The lowest BCUT2D eigenvalue weighted by Crippen LogP contribution is -1.99. The molecule has 210 valence electrons. The van der Waals surface area contributed by atoms with Crippen LogP contribution < -0.4 is 0 Å². The number of hydrogen-bond donors (Lipinski definition) is 0. The second-order valence-electron chi connectivity index (χ2n) is 11.9. The van der Waals surface area contributed by atoms with Crippen molar-refractivity contribution in [3.05, 3.63) is 163 Å². The molecule has 3 aromatic heterocycles. The van der Waals surface area contributed by atoms with Gasteiger partial charge in [0.2, 0.25) is 0 Å². The van der Waals surface area contributed by atoms with E-state index in [4.69, 9.17) is 4.98 Å². The molecule has 0 saturated heterocycles. The van der Waals surface area contributed by atoms with Crippen LogP contribution in [0, 0.1) is 0 Å². The molecule has 0 bridgehead atoms. The summed E-state index contributed by atoms with van der Waals surface area (Å²) in [7, 11) is 0. The third kappa shape index (κ3) is 3.38. The smallest absolute Gasteiger partial charge is 0.0705 e. The fraction of sp³-hybridized carbons (Fsp3) is 0.0238. The van der Waals surface area contributed by atoms with Crippen LogP contribution >= 0.6 is 0 Å². The molecule has 0 fully saturated rings. The van der Waals surface area contributed by atoms with Crippen LogP contribution in [0.1, 0.15) is 11.1 Å². The zero-order chi connectivity index (χ0) is 29.5. The summed E-state index contributed by atoms with van der Waals surface area (Å²) in [5.41, 5.74) is 14.9. The van der Waals surface area contributed by atoms with Gasteiger partial charge in [0, 0.05) is 45.4 Å². The molecule has 1 aliphatic rings. The van der Waals surface area contributed by atoms with Gasteiger partial charge in [0.15, 0.2) is 0 Å². The minimum atomic E-state index is 0.872. The third-order valence-electron chi connectivity index (χ3n) is 9.64. The van der Waals surface area contributed by atoms with Gasteiger partial charge in [-0.15, -0.1) is 0 Å². The van der Waals surface area contributed by atoms with Gasteiger partial charge in [0.25, 0.3) is 0 Å². The molecule has 0 atom stereocenters. The monoisotopic (exact) mass is 573 g/mol. The van der Waals surface area contributed by atoms with E-state index in [0.29, 0.717) is 0 Å². The lowest BCUT2D eigenvalue weighted by Gasteiger charge is -2.13. The minimum absolute atomic E-state index is 0.872. The van der Waals surface area contributed by atoms with Crippen molar-refractivity contribution < 1.29 is 0 Å². The van der Waals surface area contributed by atoms with Crippen LogP contribution in [-0.2, 0) is 6.42 Å². The van der Waals surface area contributed by atoms with Gasteiger partial charge >= 0.3 is 0 Å². The van der Waals surface area contributed by atoms with E-state index in [0.717, 1.165) is 12.1 Å². The van der Waals surface area contributed by atoms with Crippen molar-refractivity contribution in [1.82, 2.24) is 14.1 Å². The van der Waals surface area contributed by atoms with Crippen LogP contribution in [0.5, 0.6) is 0 Å². The van der Waals surface area contributed by atoms with Gasteiger partial charge in [-0.05, 0) is 76.9 Å². The Kier molecular flexibility index (Phi) is 5.06. The molecule has 45 heavy (non-hydrogen) atoms. The molecule has 0 spiro atoms. The number of hydrogen-bond acceptors (Lipinski definition) is 1. The summed E-state index contributed by atoms with van der Waals surface area (Å²) in [6.45, 7) is 0. The lowest BCUT2D eigenvalue weighted by atomic mass is 9.99. The van der Waals surface area contributed by atoms with Crippen molar-refractivity contribution in [3.63, 3.8) is 0 Å². The van der Waals surface area contributed by atoms with Crippen molar-refractivity contribution in [2.24, 2.45) is 0 Å². The maximum Gasteiger partial charge on any atom is 0.0705 e. The van der Waals surface area contributed by atoms with Crippen LogP contribution in [0.15, 0.2) is 152 Å². The molecular weight excluding hydrogens is 546 g/mol. The highest BCUT2D eigenvalue weighted by atomic mass is 15.0. The minimum Gasteiger partial charge on any atom is -0.309 e. The Morgan fingerprint density at radius 2 is 1.02 bits per heavy atom. The summed E-state index contributed by atoms with van der Waals surface area (Å²) in [5, 5.41) is 5.15. The normalized spacial score (nSPS) is 12.4. The van der Waals surface area contributed by atoms with Gasteiger partial charge in [-0.25, -0.2) is 0 Å². The second-order valence-corrected chi connectivity index (χ2v) is 11.9. The Morgan fingerprint density at radius 3 is 1.76 bits per heavy atom. The largest absolute Gasteiger partial charge is 0.309 e. The molecule has 9 aromatic rings. The molecule has 1 aliphatic carbocycles. The van der Waals surface area contributed by atoms with Crippen molar-refractivity contribution >= 4 is 43.6 Å². The number of pyridine rings is 1. The number of nitrogens with zero attached hydrogens (tertiary/aromatic N) is 3. The van der Waals surface area contributed by atoms with E-state index in [2.05, 4.69) is 149 Å². The maximum absolute atomic E-state index is 4.71. The van der Waals surface area contributed by atoms with Crippen LogP contribution in [0.3, 0.4) is 0 Å². The molecular formula is C42H27N3. The molecule has 0 radical (unpaired) electrons. The topological polar surface area (TPSA) is 22.8 Å². The first kappa shape index (κ1) is 24.5. The highest BCUT2D eigenvalue weighted by Gasteiger charge is 2.27. The molecule has 3 heterocycles. The Bertz CT molecular complexity index is 2610. The first-order valence-corrected chi connectivity index (χ1v) is 15.5. The van der Waals surface area contributed by atoms with Gasteiger partial charge in [-0.1, -0.05) is 91.0 Å². The highest BCUT2D eigenvalue weighted by molar-refractivity contribution is 6.29. The number of benzene rings is 6. The standard InChI is InChI=1S/C42H27N3/c1-2-12-27(13-3-1)44-36-20-6-4-14-31(36)41-39(44)23-24-40-42(41)32-15-5-7-21-37(32)45(40)38-22-11-17-29-28-16-10-18-30(33(28)26-34(29)38)35-19-8-9-25-43-35/h1-25H,26H2. The molecule has 6 aromatic carbocycles. The van der Waals surface area contributed by atoms with Crippen molar-refractivity contribution in [2.45, 2.75) is 6.42 Å². The van der Waals surface area contributed by atoms with Gasteiger partial charge in [-0.2, -0.15) is 0 Å². The Balaban J connectivity index is 1.28. The molecule has 0 saturated carbocycles. The molecule has 3 nitrogen and oxygen atoms in total. The maximum atomic E-state index is 4.71. The van der Waals surface area contributed by atoms with E-state index in [-0.39, 0.29) is 0 Å².